The Morgan fingerprint density at radius 1 is 1.19 bits per heavy atom. The van der Waals surface area contributed by atoms with E-state index in [4.69, 9.17) is 5.73 Å². The van der Waals surface area contributed by atoms with Gasteiger partial charge in [-0.05, 0) is 36.8 Å². The zero-order valence-corrected chi connectivity index (χ0v) is 9.73. The van der Waals surface area contributed by atoms with Crippen LogP contribution in [0.5, 0.6) is 0 Å². The van der Waals surface area contributed by atoms with Crippen molar-refractivity contribution in [2.24, 2.45) is 5.73 Å². The van der Waals surface area contributed by atoms with Crippen molar-refractivity contribution >= 4 is 0 Å². The number of aryl methyl sites for hydroxylation is 1. The Kier molecular flexibility index (Phi) is 2.70. The molecule has 0 aromatic heterocycles. The molecule has 3 rings (SSSR count). The third-order valence-electron chi connectivity index (χ3n) is 4.03. The highest BCUT2D eigenvalue weighted by Crippen LogP contribution is 2.35. The van der Waals surface area contributed by atoms with Crippen molar-refractivity contribution in [3.63, 3.8) is 0 Å². The van der Waals surface area contributed by atoms with Crippen LogP contribution in [-0.4, -0.2) is 24.0 Å². The van der Waals surface area contributed by atoms with Crippen LogP contribution in [0.4, 0.5) is 0 Å². The highest BCUT2D eigenvalue weighted by molar-refractivity contribution is 5.32. The first kappa shape index (κ1) is 10.3. The number of benzene rings is 1. The second-order valence-electron chi connectivity index (χ2n) is 5.15. The number of likely N-dealkylation sites (tertiary alicyclic amines) is 1. The SMILES string of the molecule is N[C@H]1CCN(C2CCCc3ccccc32)C1. The minimum atomic E-state index is 0.397. The van der Waals surface area contributed by atoms with Gasteiger partial charge in [0.25, 0.3) is 0 Å². The Labute approximate surface area is 97.4 Å². The molecule has 1 heterocycles. The molecule has 2 aliphatic rings. The fraction of sp³-hybridized carbons (Fsp3) is 0.571. The van der Waals surface area contributed by atoms with E-state index in [0.717, 1.165) is 6.54 Å². The lowest BCUT2D eigenvalue weighted by atomic mass is 9.87. The monoisotopic (exact) mass is 216 g/mol. The van der Waals surface area contributed by atoms with Gasteiger partial charge in [-0.25, -0.2) is 0 Å². The maximum Gasteiger partial charge on any atom is 0.0351 e. The van der Waals surface area contributed by atoms with Crippen LogP contribution in [0.15, 0.2) is 24.3 Å². The summed E-state index contributed by atoms with van der Waals surface area (Å²) in [6.45, 7) is 2.26. The molecule has 2 heteroatoms. The molecule has 1 aromatic carbocycles. The van der Waals surface area contributed by atoms with Crippen LogP contribution < -0.4 is 5.73 Å². The lowest BCUT2D eigenvalue weighted by Gasteiger charge is -2.33. The third-order valence-corrected chi connectivity index (χ3v) is 4.03. The molecule has 0 spiro atoms. The van der Waals surface area contributed by atoms with E-state index in [1.54, 1.807) is 11.1 Å². The summed E-state index contributed by atoms with van der Waals surface area (Å²) >= 11 is 0. The van der Waals surface area contributed by atoms with Crippen LogP contribution in [0.2, 0.25) is 0 Å². The van der Waals surface area contributed by atoms with Gasteiger partial charge in [0.2, 0.25) is 0 Å². The predicted molar refractivity (Wildman–Crippen MR) is 66.3 cm³/mol. The number of hydrogen-bond acceptors (Lipinski definition) is 2. The number of nitrogens with two attached hydrogens (primary N) is 1. The number of rotatable bonds is 1. The van der Waals surface area contributed by atoms with E-state index in [1.165, 1.54) is 32.2 Å². The molecule has 86 valence electrons. The van der Waals surface area contributed by atoms with Gasteiger partial charge >= 0.3 is 0 Å². The second kappa shape index (κ2) is 4.19. The highest BCUT2D eigenvalue weighted by atomic mass is 15.2. The van der Waals surface area contributed by atoms with Crippen molar-refractivity contribution < 1.29 is 0 Å². The highest BCUT2D eigenvalue weighted by Gasteiger charge is 2.29. The Balaban J connectivity index is 1.87. The molecule has 0 amide bonds. The first-order valence-electron chi connectivity index (χ1n) is 6.42. The smallest absolute Gasteiger partial charge is 0.0351 e. The zero-order valence-electron chi connectivity index (χ0n) is 9.73. The van der Waals surface area contributed by atoms with Gasteiger partial charge in [0.1, 0.15) is 0 Å². The Morgan fingerprint density at radius 2 is 2.06 bits per heavy atom. The zero-order chi connectivity index (χ0) is 11.0. The summed E-state index contributed by atoms with van der Waals surface area (Å²) in [7, 11) is 0. The summed E-state index contributed by atoms with van der Waals surface area (Å²) < 4.78 is 0. The number of nitrogens with zero attached hydrogens (tertiary/aromatic N) is 1. The molecule has 0 radical (unpaired) electrons. The Hall–Kier alpha value is -0.860. The molecule has 16 heavy (non-hydrogen) atoms. The average Bonchev–Trinajstić information content (AvgIpc) is 2.75. The van der Waals surface area contributed by atoms with Crippen LogP contribution in [0, 0.1) is 0 Å². The first-order chi connectivity index (χ1) is 7.84. The van der Waals surface area contributed by atoms with Gasteiger partial charge in [0.15, 0.2) is 0 Å². The fourth-order valence-electron chi connectivity index (χ4n) is 3.21. The molecule has 1 fully saturated rings. The minimum Gasteiger partial charge on any atom is -0.326 e. The van der Waals surface area contributed by atoms with E-state index in [2.05, 4.69) is 29.2 Å². The van der Waals surface area contributed by atoms with Crippen LogP contribution >= 0.6 is 0 Å². The lowest BCUT2D eigenvalue weighted by Crippen LogP contribution is -2.32. The molecular weight excluding hydrogens is 196 g/mol. The van der Waals surface area contributed by atoms with Crippen LogP contribution in [0.3, 0.4) is 0 Å². The lowest BCUT2D eigenvalue weighted by molar-refractivity contribution is 0.219. The van der Waals surface area contributed by atoms with Crippen molar-refractivity contribution in [3.05, 3.63) is 35.4 Å². The van der Waals surface area contributed by atoms with Gasteiger partial charge in [-0.15, -0.1) is 0 Å². The van der Waals surface area contributed by atoms with Crippen molar-refractivity contribution in [3.8, 4) is 0 Å². The third kappa shape index (κ3) is 1.76. The van der Waals surface area contributed by atoms with Gasteiger partial charge in [-0.1, -0.05) is 24.3 Å². The molecule has 1 aliphatic carbocycles. The predicted octanol–water partition coefficient (Wildman–Crippen LogP) is 2.10. The molecule has 2 atom stereocenters. The molecular formula is C14H20N2. The summed E-state index contributed by atoms with van der Waals surface area (Å²) in [6, 6.07) is 9.97. The maximum atomic E-state index is 6.01. The van der Waals surface area contributed by atoms with E-state index in [0.29, 0.717) is 12.1 Å². The van der Waals surface area contributed by atoms with E-state index >= 15 is 0 Å². The summed E-state index contributed by atoms with van der Waals surface area (Å²) in [5.74, 6) is 0. The van der Waals surface area contributed by atoms with Crippen molar-refractivity contribution in [1.29, 1.82) is 0 Å². The van der Waals surface area contributed by atoms with E-state index in [1.807, 2.05) is 0 Å². The quantitative estimate of drug-likeness (QED) is 0.779. The van der Waals surface area contributed by atoms with Crippen molar-refractivity contribution in [2.75, 3.05) is 13.1 Å². The van der Waals surface area contributed by atoms with E-state index < -0.39 is 0 Å². The van der Waals surface area contributed by atoms with Crippen LogP contribution in [0.25, 0.3) is 0 Å². The average molecular weight is 216 g/mol. The van der Waals surface area contributed by atoms with Gasteiger partial charge in [-0.3, -0.25) is 4.90 Å². The van der Waals surface area contributed by atoms with Crippen molar-refractivity contribution in [2.45, 2.75) is 37.8 Å². The Bertz CT molecular complexity index is 375. The molecule has 2 nitrogen and oxygen atoms in total. The number of hydrogen-bond donors (Lipinski definition) is 1. The minimum absolute atomic E-state index is 0.397. The summed E-state index contributed by atoms with van der Waals surface area (Å²) in [4.78, 5) is 2.59. The fourth-order valence-corrected chi connectivity index (χ4v) is 3.21. The molecule has 1 aliphatic heterocycles. The molecule has 1 unspecified atom stereocenters. The van der Waals surface area contributed by atoms with Gasteiger partial charge in [0, 0.05) is 25.2 Å². The molecule has 0 saturated carbocycles. The van der Waals surface area contributed by atoms with Gasteiger partial charge in [-0.2, -0.15) is 0 Å². The summed E-state index contributed by atoms with van der Waals surface area (Å²) in [6.07, 6.45) is 5.06. The standard InChI is InChI=1S/C14H20N2/c15-12-8-9-16(10-12)14-7-3-5-11-4-1-2-6-13(11)14/h1-2,4,6,12,14H,3,5,7-10,15H2/t12-,14?/m0/s1. The van der Waals surface area contributed by atoms with Crippen LogP contribution in [0.1, 0.15) is 36.4 Å². The van der Waals surface area contributed by atoms with Gasteiger partial charge in [0.05, 0.1) is 0 Å². The van der Waals surface area contributed by atoms with Crippen LogP contribution in [-0.2, 0) is 6.42 Å². The molecule has 0 bridgehead atoms. The summed E-state index contributed by atoms with van der Waals surface area (Å²) in [5.41, 5.74) is 9.12. The van der Waals surface area contributed by atoms with E-state index in [9.17, 15) is 0 Å². The molecule has 2 N–H and O–H groups in total. The molecule has 1 saturated heterocycles. The first-order valence-corrected chi connectivity index (χ1v) is 6.42. The Morgan fingerprint density at radius 3 is 2.88 bits per heavy atom. The largest absolute Gasteiger partial charge is 0.326 e. The number of fused-ring (bicyclic) bond motifs is 1. The summed E-state index contributed by atoms with van der Waals surface area (Å²) in [5, 5.41) is 0. The normalized spacial score (nSPS) is 30.3. The van der Waals surface area contributed by atoms with E-state index in [-0.39, 0.29) is 0 Å². The maximum absolute atomic E-state index is 6.01. The van der Waals surface area contributed by atoms with Crippen molar-refractivity contribution in [1.82, 2.24) is 4.90 Å². The molecule has 1 aromatic rings. The van der Waals surface area contributed by atoms with Gasteiger partial charge < -0.3 is 5.73 Å². The second-order valence-corrected chi connectivity index (χ2v) is 5.15. The topological polar surface area (TPSA) is 29.3 Å².